The number of carbonyl (C=O) groups is 2. The average Bonchev–Trinajstić information content (AvgIpc) is 3.15. The smallest absolute Gasteiger partial charge is 0.414 e. The number of carbonyl (C=O) groups excluding carboxylic acids is 2. The SMILES string of the molecule is COC(=O)NC[C@H]1CN(c2ccc(N3C4CCC3CSC4)c(F)c2)C(=O)O1. The number of cyclic esters (lactones) is 1. The van der Waals surface area contributed by atoms with Crippen LogP contribution in [-0.4, -0.2) is 62.1 Å². The van der Waals surface area contributed by atoms with Crippen molar-refractivity contribution in [1.82, 2.24) is 5.32 Å². The molecule has 2 unspecified atom stereocenters. The van der Waals surface area contributed by atoms with Crippen molar-refractivity contribution in [2.45, 2.75) is 31.0 Å². The van der Waals surface area contributed by atoms with E-state index in [1.54, 1.807) is 12.1 Å². The molecule has 3 fully saturated rings. The molecule has 7 nitrogen and oxygen atoms in total. The lowest BCUT2D eigenvalue weighted by Gasteiger charge is -2.36. The number of anilines is 2. The number of rotatable bonds is 4. The van der Waals surface area contributed by atoms with Gasteiger partial charge < -0.3 is 19.7 Å². The Labute approximate surface area is 161 Å². The van der Waals surface area contributed by atoms with Gasteiger partial charge in [0, 0.05) is 23.6 Å². The molecule has 1 N–H and O–H groups in total. The van der Waals surface area contributed by atoms with E-state index in [1.807, 2.05) is 11.8 Å². The van der Waals surface area contributed by atoms with Crippen molar-refractivity contribution in [3.05, 3.63) is 24.0 Å². The second kappa shape index (κ2) is 7.46. The summed E-state index contributed by atoms with van der Waals surface area (Å²) in [7, 11) is 1.26. The summed E-state index contributed by atoms with van der Waals surface area (Å²) in [5.41, 5.74) is 1.07. The fraction of sp³-hybridized carbons (Fsp3) is 0.556. The van der Waals surface area contributed by atoms with Gasteiger partial charge in [-0.3, -0.25) is 4.90 Å². The number of fused-ring (bicyclic) bond motifs is 2. The quantitative estimate of drug-likeness (QED) is 0.845. The maximum absolute atomic E-state index is 14.9. The van der Waals surface area contributed by atoms with Crippen LogP contribution in [-0.2, 0) is 9.47 Å². The molecule has 3 aliphatic heterocycles. The molecule has 1 aromatic rings. The van der Waals surface area contributed by atoms with Crippen molar-refractivity contribution in [2.24, 2.45) is 0 Å². The van der Waals surface area contributed by atoms with Crippen LogP contribution in [0, 0.1) is 5.82 Å². The lowest BCUT2D eigenvalue weighted by molar-refractivity contribution is 0.132. The minimum atomic E-state index is -0.589. The molecule has 0 spiro atoms. The minimum Gasteiger partial charge on any atom is -0.453 e. The number of nitrogens with zero attached hydrogens (tertiary/aromatic N) is 2. The maximum Gasteiger partial charge on any atom is 0.414 e. The molecule has 3 aliphatic rings. The van der Waals surface area contributed by atoms with Crippen molar-refractivity contribution in [3.63, 3.8) is 0 Å². The fourth-order valence-electron chi connectivity index (χ4n) is 4.00. The summed E-state index contributed by atoms with van der Waals surface area (Å²) in [6, 6.07) is 5.70. The summed E-state index contributed by atoms with van der Waals surface area (Å²) < 4.78 is 24.6. The summed E-state index contributed by atoms with van der Waals surface area (Å²) in [4.78, 5) is 26.9. The van der Waals surface area contributed by atoms with Gasteiger partial charge in [-0.25, -0.2) is 14.0 Å². The number of hydrogen-bond acceptors (Lipinski definition) is 6. The van der Waals surface area contributed by atoms with E-state index in [2.05, 4.69) is 15.0 Å². The zero-order valence-corrected chi connectivity index (χ0v) is 15.8. The molecule has 0 aromatic heterocycles. The second-order valence-corrected chi connectivity index (χ2v) is 8.03. The minimum absolute atomic E-state index is 0.143. The highest BCUT2D eigenvalue weighted by molar-refractivity contribution is 7.99. The Morgan fingerprint density at radius 1 is 1.37 bits per heavy atom. The summed E-state index contributed by atoms with van der Waals surface area (Å²) in [5, 5.41) is 2.50. The zero-order valence-electron chi connectivity index (χ0n) is 15.0. The van der Waals surface area contributed by atoms with Crippen molar-refractivity contribution < 1.29 is 23.5 Å². The molecule has 27 heavy (non-hydrogen) atoms. The monoisotopic (exact) mass is 395 g/mol. The first-order valence-corrected chi connectivity index (χ1v) is 10.2. The highest BCUT2D eigenvalue weighted by atomic mass is 32.2. The maximum atomic E-state index is 14.9. The van der Waals surface area contributed by atoms with Gasteiger partial charge in [-0.05, 0) is 31.0 Å². The van der Waals surface area contributed by atoms with Gasteiger partial charge in [-0.2, -0.15) is 11.8 Å². The molecule has 146 valence electrons. The summed E-state index contributed by atoms with van der Waals surface area (Å²) >= 11 is 1.94. The summed E-state index contributed by atoms with van der Waals surface area (Å²) in [6.07, 6.45) is 0.565. The largest absolute Gasteiger partial charge is 0.453 e. The standard InChI is InChI=1S/C18H22FN3O4S/c1-25-17(23)20-7-14-8-21(18(24)26-14)11-4-5-16(15(19)6-11)22-12-2-3-13(22)10-27-9-12/h4-6,12-14H,2-3,7-10H2,1H3,(H,20,23)/t12?,13?,14-/m0/s1. The molecule has 2 amide bonds. The van der Waals surface area contributed by atoms with Crippen molar-refractivity contribution in [1.29, 1.82) is 0 Å². The molecule has 9 heteroatoms. The topological polar surface area (TPSA) is 71.1 Å². The average molecular weight is 395 g/mol. The molecule has 2 bridgehead atoms. The summed E-state index contributed by atoms with van der Waals surface area (Å²) in [5.74, 6) is 1.75. The second-order valence-electron chi connectivity index (χ2n) is 6.95. The highest BCUT2D eigenvalue weighted by Gasteiger charge is 2.39. The molecule has 3 heterocycles. The molecule has 3 saturated heterocycles. The fourth-order valence-corrected chi connectivity index (χ4v) is 5.34. The molecular weight excluding hydrogens is 373 g/mol. The van der Waals surface area contributed by atoms with Gasteiger partial charge in [-0.15, -0.1) is 0 Å². The number of nitrogens with one attached hydrogen (secondary N) is 1. The van der Waals surface area contributed by atoms with Crippen LogP contribution in [0.1, 0.15) is 12.8 Å². The Bertz CT molecular complexity index is 733. The van der Waals surface area contributed by atoms with Crippen LogP contribution in [0.2, 0.25) is 0 Å². The Morgan fingerprint density at radius 2 is 2.11 bits per heavy atom. The predicted molar refractivity (Wildman–Crippen MR) is 101 cm³/mol. The zero-order chi connectivity index (χ0) is 19.0. The molecule has 0 radical (unpaired) electrons. The number of methoxy groups -OCH3 is 1. The van der Waals surface area contributed by atoms with E-state index in [-0.39, 0.29) is 18.9 Å². The number of ether oxygens (including phenoxy) is 2. The lowest BCUT2D eigenvalue weighted by atomic mass is 10.2. The third-order valence-electron chi connectivity index (χ3n) is 5.30. The van der Waals surface area contributed by atoms with Gasteiger partial charge in [0.2, 0.25) is 0 Å². The first kappa shape index (κ1) is 18.2. The Morgan fingerprint density at radius 3 is 2.78 bits per heavy atom. The van der Waals surface area contributed by atoms with Crippen LogP contribution in [0.5, 0.6) is 0 Å². The number of hydrogen-bond donors (Lipinski definition) is 1. The molecule has 3 atom stereocenters. The van der Waals surface area contributed by atoms with E-state index >= 15 is 0 Å². The van der Waals surface area contributed by atoms with Crippen LogP contribution in [0.4, 0.5) is 25.4 Å². The van der Waals surface area contributed by atoms with E-state index in [4.69, 9.17) is 4.74 Å². The molecule has 0 aliphatic carbocycles. The van der Waals surface area contributed by atoms with E-state index in [1.165, 1.54) is 18.1 Å². The van der Waals surface area contributed by atoms with E-state index in [0.29, 0.717) is 23.5 Å². The van der Waals surface area contributed by atoms with E-state index < -0.39 is 18.3 Å². The third kappa shape index (κ3) is 3.52. The van der Waals surface area contributed by atoms with E-state index in [0.717, 1.165) is 24.3 Å². The first-order valence-electron chi connectivity index (χ1n) is 9.02. The number of thioether (sulfide) groups is 1. The van der Waals surface area contributed by atoms with E-state index in [9.17, 15) is 14.0 Å². The van der Waals surface area contributed by atoms with Gasteiger partial charge in [0.25, 0.3) is 0 Å². The van der Waals surface area contributed by atoms with Crippen LogP contribution >= 0.6 is 11.8 Å². The highest BCUT2D eigenvalue weighted by Crippen LogP contribution is 2.40. The van der Waals surface area contributed by atoms with Crippen LogP contribution in [0.25, 0.3) is 0 Å². The number of halogens is 1. The van der Waals surface area contributed by atoms with Crippen molar-refractivity contribution in [2.75, 3.05) is 41.5 Å². The molecule has 4 rings (SSSR count). The first-order chi connectivity index (χ1) is 13.1. The molecular formula is C18H22FN3O4S. The lowest BCUT2D eigenvalue weighted by Crippen LogP contribution is -2.43. The van der Waals surface area contributed by atoms with Crippen LogP contribution < -0.4 is 15.1 Å². The number of benzene rings is 1. The van der Waals surface area contributed by atoms with Gasteiger partial charge in [0.15, 0.2) is 0 Å². The molecule has 1 aromatic carbocycles. The Balaban J connectivity index is 1.46. The van der Waals surface area contributed by atoms with Crippen LogP contribution in [0.3, 0.4) is 0 Å². The third-order valence-corrected chi connectivity index (χ3v) is 6.54. The number of amides is 2. The van der Waals surface area contributed by atoms with Crippen molar-refractivity contribution >= 4 is 35.3 Å². The van der Waals surface area contributed by atoms with Crippen molar-refractivity contribution in [3.8, 4) is 0 Å². The van der Waals surface area contributed by atoms with Gasteiger partial charge in [0.05, 0.1) is 31.6 Å². The number of alkyl carbamates (subject to hydrolysis) is 1. The summed E-state index contributed by atoms with van der Waals surface area (Å²) in [6.45, 7) is 0.386. The predicted octanol–water partition coefficient (Wildman–Crippen LogP) is 2.59. The van der Waals surface area contributed by atoms with Crippen LogP contribution in [0.15, 0.2) is 18.2 Å². The van der Waals surface area contributed by atoms with Gasteiger partial charge in [0.1, 0.15) is 11.9 Å². The Kier molecular flexibility index (Phi) is 5.03. The normalized spacial score (nSPS) is 26.9. The Hall–Kier alpha value is -2.16. The molecule has 0 saturated carbocycles. The van der Waals surface area contributed by atoms with Gasteiger partial charge in [-0.1, -0.05) is 0 Å². The van der Waals surface area contributed by atoms with Gasteiger partial charge >= 0.3 is 12.2 Å².